The number of amides is 1. The number of hydrogen-bond acceptors (Lipinski definition) is 2. The maximum Gasteiger partial charge on any atom is 0.275 e. The van der Waals surface area contributed by atoms with E-state index in [1.165, 1.54) is 16.0 Å². The van der Waals surface area contributed by atoms with Gasteiger partial charge in [0.1, 0.15) is 45.1 Å². The highest BCUT2D eigenvalue weighted by molar-refractivity contribution is 5.76. The van der Waals surface area contributed by atoms with Gasteiger partial charge >= 0.3 is 0 Å². The van der Waals surface area contributed by atoms with E-state index < -0.39 is 0 Å². The van der Waals surface area contributed by atoms with Gasteiger partial charge in [-0.2, -0.15) is 0 Å². The minimum absolute atomic E-state index is 0.143. The Morgan fingerprint density at radius 1 is 0.963 bits per heavy atom. The summed E-state index contributed by atoms with van der Waals surface area (Å²) in [4.78, 5) is 15.2. The predicted molar refractivity (Wildman–Crippen MR) is 106 cm³/mol. The Bertz CT molecular complexity index is 713. The number of quaternary nitrogens is 2. The fraction of sp³-hybridized carbons (Fsp3) is 0.409. The summed E-state index contributed by atoms with van der Waals surface area (Å²) in [5, 5.41) is 3.06. The van der Waals surface area contributed by atoms with Crippen LogP contribution in [0.4, 0.5) is 0 Å². The first-order chi connectivity index (χ1) is 13.2. The lowest BCUT2D eigenvalue weighted by molar-refractivity contribution is -1.01. The van der Waals surface area contributed by atoms with E-state index in [-0.39, 0.29) is 5.91 Å². The van der Waals surface area contributed by atoms with E-state index in [0.717, 1.165) is 45.1 Å². The summed E-state index contributed by atoms with van der Waals surface area (Å²) >= 11 is 0. The van der Waals surface area contributed by atoms with Crippen molar-refractivity contribution in [2.75, 3.05) is 45.9 Å². The maximum atomic E-state index is 12.2. The molecular weight excluding hydrogens is 338 g/mol. The molecule has 0 aromatic heterocycles. The molecule has 0 bridgehead atoms. The molecule has 0 unspecified atom stereocenters. The van der Waals surface area contributed by atoms with Gasteiger partial charge in [-0.3, -0.25) is 4.79 Å². The quantitative estimate of drug-likeness (QED) is 0.586. The summed E-state index contributed by atoms with van der Waals surface area (Å²) in [6.45, 7) is 9.30. The Labute approximate surface area is 161 Å². The first-order valence-corrected chi connectivity index (χ1v) is 9.87. The molecule has 5 nitrogen and oxygen atoms in total. The van der Waals surface area contributed by atoms with Gasteiger partial charge in [-0.05, 0) is 30.2 Å². The number of aryl methyl sites for hydroxylation is 1. The smallest absolute Gasteiger partial charge is 0.275 e. The Balaban J connectivity index is 1.31. The van der Waals surface area contributed by atoms with Crippen LogP contribution in [-0.2, 0) is 11.3 Å². The molecule has 0 spiro atoms. The molecule has 1 saturated heterocycles. The van der Waals surface area contributed by atoms with Crippen molar-refractivity contribution in [2.24, 2.45) is 0 Å². The van der Waals surface area contributed by atoms with Crippen LogP contribution in [0.2, 0.25) is 0 Å². The number of rotatable bonds is 8. The lowest BCUT2D eigenvalue weighted by Gasteiger charge is -2.29. The van der Waals surface area contributed by atoms with Gasteiger partial charge in [0.05, 0.1) is 0 Å². The monoisotopic (exact) mass is 369 g/mol. The maximum absolute atomic E-state index is 12.2. The summed E-state index contributed by atoms with van der Waals surface area (Å²) in [7, 11) is 0. The molecule has 1 heterocycles. The van der Waals surface area contributed by atoms with Crippen molar-refractivity contribution in [1.29, 1.82) is 0 Å². The standard InChI is InChI=1S/C22H29N3O2/c1-19-7-5-6-8-20(19)17-23-22(26)18-25-13-11-24(12-14-25)15-16-27-21-9-3-2-4-10-21/h2-10H,11-18H2,1H3,(H,23,26)/p+2. The van der Waals surface area contributed by atoms with Gasteiger partial charge in [-0.25, -0.2) is 0 Å². The fourth-order valence-electron chi connectivity index (χ4n) is 3.51. The third kappa shape index (κ3) is 6.38. The molecule has 3 N–H and O–H groups in total. The number of ether oxygens (including phenoxy) is 1. The van der Waals surface area contributed by atoms with E-state index in [4.69, 9.17) is 4.74 Å². The van der Waals surface area contributed by atoms with Gasteiger partial charge in [0.2, 0.25) is 0 Å². The minimum atomic E-state index is 0.143. The molecule has 0 atom stereocenters. The number of hydrogen-bond donors (Lipinski definition) is 3. The van der Waals surface area contributed by atoms with E-state index in [9.17, 15) is 4.79 Å². The van der Waals surface area contributed by atoms with Crippen molar-refractivity contribution in [3.63, 3.8) is 0 Å². The molecule has 0 aliphatic carbocycles. The van der Waals surface area contributed by atoms with Gasteiger partial charge in [0.25, 0.3) is 5.91 Å². The van der Waals surface area contributed by atoms with Crippen LogP contribution >= 0.6 is 0 Å². The summed E-state index contributed by atoms with van der Waals surface area (Å²) < 4.78 is 5.79. The zero-order valence-electron chi connectivity index (χ0n) is 16.2. The number of piperazine rings is 1. The molecule has 1 fully saturated rings. The van der Waals surface area contributed by atoms with E-state index in [2.05, 4.69) is 24.4 Å². The molecule has 0 radical (unpaired) electrons. The lowest BCUT2D eigenvalue weighted by atomic mass is 10.1. The lowest BCUT2D eigenvalue weighted by Crippen LogP contribution is -3.28. The Kier molecular flexibility index (Phi) is 7.25. The van der Waals surface area contributed by atoms with Crippen molar-refractivity contribution >= 4 is 5.91 Å². The Morgan fingerprint density at radius 2 is 1.63 bits per heavy atom. The zero-order chi connectivity index (χ0) is 18.9. The highest BCUT2D eigenvalue weighted by atomic mass is 16.5. The van der Waals surface area contributed by atoms with Crippen molar-refractivity contribution in [2.45, 2.75) is 13.5 Å². The molecule has 2 aromatic rings. The van der Waals surface area contributed by atoms with Crippen molar-refractivity contribution in [3.8, 4) is 5.75 Å². The number of benzene rings is 2. The van der Waals surface area contributed by atoms with Gasteiger partial charge in [0.15, 0.2) is 6.54 Å². The molecule has 2 aromatic carbocycles. The predicted octanol–water partition coefficient (Wildman–Crippen LogP) is -0.526. The van der Waals surface area contributed by atoms with Crippen molar-refractivity contribution in [3.05, 3.63) is 65.7 Å². The largest absolute Gasteiger partial charge is 0.488 e. The third-order valence-electron chi connectivity index (χ3n) is 5.28. The minimum Gasteiger partial charge on any atom is -0.488 e. The third-order valence-corrected chi connectivity index (χ3v) is 5.28. The molecule has 0 saturated carbocycles. The van der Waals surface area contributed by atoms with Crippen LogP contribution in [0.15, 0.2) is 54.6 Å². The number of para-hydroxylation sites is 1. The first kappa shape index (κ1) is 19.4. The summed E-state index contributed by atoms with van der Waals surface area (Å²) in [5.74, 6) is 1.08. The van der Waals surface area contributed by atoms with Crippen molar-refractivity contribution < 1.29 is 19.3 Å². The Morgan fingerprint density at radius 3 is 2.37 bits per heavy atom. The van der Waals surface area contributed by atoms with Crippen LogP contribution in [0, 0.1) is 6.92 Å². The molecule has 1 amide bonds. The summed E-state index contributed by atoms with van der Waals surface area (Å²) in [5.41, 5.74) is 2.41. The first-order valence-electron chi connectivity index (χ1n) is 9.87. The highest BCUT2D eigenvalue weighted by Crippen LogP contribution is 2.07. The average Bonchev–Trinajstić information content (AvgIpc) is 2.69. The second-order valence-corrected chi connectivity index (χ2v) is 7.29. The Hall–Kier alpha value is -2.37. The van der Waals surface area contributed by atoms with Crippen LogP contribution in [0.3, 0.4) is 0 Å². The molecule has 144 valence electrons. The van der Waals surface area contributed by atoms with Crippen molar-refractivity contribution in [1.82, 2.24) is 5.32 Å². The average molecular weight is 370 g/mol. The SMILES string of the molecule is Cc1ccccc1CNC(=O)C[NH+]1CC[NH+](CCOc2ccccc2)CC1. The molecule has 5 heteroatoms. The molecule has 3 rings (SSSR count). The van der Waals surface area contributed by atoms with Crippen LogP contribution in [0.25, 0.3) is 0 Å². The van der Waals surface area contributed by atoms with Crippen LogP contribution < -0.4 is 19.9 Å². The number of nitrogens with one attached hydrogen (secondary N) is 3. The van der Waals surface area contributed by atoms with Gasteiger partial charge in [-0.15, -0.1) is 0 Å². The second kappa shape index (κ2) is 10.1. The van der Waals surface area contributed by atoms with Crippen LogP contribution in [0.5, 0.6) is 5.75 Å². The fourth-order valence-corrected chi connectivity index (χ4v) is 3.51. The van der Waals surface area contributed by atoms with Gasteiger partial charge in [-0.1, -0.05) is 42.5 Å². The number of carbonyl (C=O) groups is 1. The molecular formula is C22H31N3O2+2. The normalized spacial score (nSPS) is 19.4. The van der Waals surface area contributed by atoms with Gasteiger partial charge in [0, 0.05) is 6.54 Å². The highest BCUT2D eigenvalue weighted by Gasteiger charge is 2.24. The summed E-state index contributed by atoms with van der Waals surface area (Å²) in [6, 6.07) is 18.2. The molecule has 1 aliphatic rings. The molecule has 1 aliphatic heterocycles. The van der Waals surface area contributed by atoms with Crippen LogP contribution in [0.1, 0.15) is 11.1 Å². The molecule has 27 heavy (non-hydrogen) atoms. The topological polar surface area (TPSA) is 47.2 Å². The second-order valence-electron chi connectivity index (χ2n) is 7.29. The number of carbonyl (C=O) groups excluding carboxylic acids is 1. The van der Waals surface area contributed by atoms with Crippen LogP contribution in [-0.4, -0.2) is 51.8 Å². The summed E-state index contributed by atoms with van der Waals surface area (Å²) in [6.07, 6.45) is 0. The van der Waals surface area contributed by atoms with E-state index >= 15 is 0 Å². The van der Waals surface area contributed by atoms with E-state index in [1.807, 2.05) is 42.5 Å². The van der Waals surface area contributed by atoms with Gasteiger partial charge < -0.3 is 19.9 Å². The van der Waals surface area contributed by atoms with E-state index in [1.54, 1.807) is 4.90 Å². The zero-order valence-corrected chi connectivity index (χ0v) is 16.2. The van der Waals surface area contributed by atoms with E-state index in [0.29, 0.717) is 13.1 Å².